The first kappa shape index (κ1) is 26.3. The van der Waals surface area contributed by atoms with Gasteiger partial charge in [-0.05, 0) is 91.6 Å². The Hall–Kier alpha value is -3.36. The zero-order valence-corrected chi connectivity index (χ0v) is 23.3. The molecular formula is C30H32N2O4S2. The van der Waals surface area contributed by atoms with E-state index in [-0.39, 0.29) is 17.3 Å². The van der Waals surface area contributed by atoms with Crippen LogP contribution in [0.3, 0.4) is 0 Å². The molecule has 0 N–H and O–H groups in total. The first-order valence-electron chi connectivity index (χ1n) is 12.9. The predicted molar refractivity (Wildman–Crippen MR) is 154 cm³/mol. The lowest BCUT2D eigenvalue weighted by Gasteiger charge is -2.31. The predicted octanol–water partition coefficient (Wildman–Crippen LogP) is 6.22. The van der Waals surface area contributed by atoms with Crippen molar-refractivity contribution in [2.75, 3.05) is 31.0 Å². The van der Waals surface area contributed by atoms with Gasteiger partial charge in [0.2, 0.25) is 0 Å². The summed E-state index contributed by atoms with van der Waals surface area (Å²) in [7, 11) is -2.20. The van der Waals surface area contributed by atoms with E-state index < -0.39 is 10.0 Å². The van der Waals surface area contributed by atoms with Crippen molar-refractivity contribution in [2.45, 2.75) is 31.1 Å². The number of sulfonamides is 1. The van der Waals surface area contributed by atoms with Gasteiger partial charge in [0.05, 0.1) is 22.6 Å². The maximum absolute atomic E-state index is 13.4. The lowest BCUT2D eigenvalue weighted by Crippen LogP contribution is -2.38. The van der Waals surface area contributed by atoms with Crippen molar-refractivity contribution in [3.63, 3.8) is 0 Å². The van der Waals surface area contributed by atoms with E-state index in [1.807, 2.05) is 42.2 Å². The van der Waals surface area contributed by atoms with Crippen molar-refractivity contribution < 1.29 is 17.9 Å². The van der Waals surface area contributed by atoms with E-state index in [4.69, 9.17) is 4.74 Å². The number of nitrogens with zero attached hydrogens (tertiary/aromatic N) is 2. The van der Waals surface area contributed by atoms with Gasteiger partial charge in [-0.15, -0.1) is 11.3 Å². The van der Waals surface area contributed by atoms with Crippen LogP contribution in [0.15, 0.2) is 83.8 Å². The first-order valence-corrected chi connectivity index (χ1v) is 15.2. The Morgan fingerprint density at radius 3 is 2.37 bits per heavy atom. The van der Waals surface area contributed by atoms with E-state index in [0.29, 0.717) is 22.2 Å². The first-order chi connectivity index (χ1) is 18.4. The van der Waals surface area contributed by atoms with Crippen molar-refractivity contribution in [3.05, 3.63) is 89.3 Å². The number of fused-ring (bicyclic) bond motifs is 1. The second kappa shape index (κ2) is 11.2. The number of amides is 1. The molecule has 0 saturated carbocycles. The molecule has 1 fully saturated rings. The number of anilines is 1. The second-order valence-electron chi connectivity index (χ2n) is 9.60. The van der Waals surface area contributed by atoms with Crippen LogP contribution < -0.4 is 9.04 Å². The van der Waals surface area contributed by atoms with Gasteiger partial charge >= 0.3 is 0 Å². The summed E-state index contributed by atoms with van der Waals surface area (Å²) < 4.78 is 34.3. The van der Waals surface area contributed by atoms with Crippen molar-refractivity contribution >= 4 is 43.0 Å². The smallest absolute Gasteiger partial charge is 0.264 e. The minimum absolute atomic E-state index is 0.0594. The van der Waals surface area contributed by atoms with E-state index in [0.717, 1.165) is 42.4 Å². The molecule has 0 atom stereocenters. The van der Waals surface area contributed by atoms with Gasteiger partial charge in [0.25, 0.3) is 15.9 Å². The third-order valence-corrected chi connectivity index (χ3v) is 10.2. The molecular weight excluding hydrogens is 516 g/mol. The Morgan fingerprint density at radius 2 is 1.71 bits per heavy atom. The number of carbonyl (C=O) groups is 1. The van der Waals surface area contributed by atoms with Crippen LogP contribution >= 0.6 is 11.3 Å². The quantitative estimate of drug-likeness (QED) is 0.262. The number of hydrogen-bond donors (Lipinski definition) is 0. The summed E-state index contributed by atoms with van der Waals surface area (Å²) in [6, 6.07) is 24.4. The highest BCUT2D eigenvalue weighted by atomic mass is 32.2. The van der Waals surface area contributed by atoms with Crippen LogP contribution in [0.5, 0.6) is 5.75 Å². The minimum Gasteiger partial charge on any atom is -0.497 e. The lowest BCUT2D eigenvalue weighted by molar-refractivity contribution is 0.0695. The third kappa shape index (κ3) is 5.42. The average Bonchev–Trinajstić information content (AvgIpc) is 3.37. The molecule has 0 spiro atoms. The minimum atomic E-state index is -3.75. The van der Waals surface area contributed by atoms with E-state index in [1.54, 1.807) is 31.4 Å². The summed E-state index contributed by atoms with van der Waals surface area (Å²) in [5.74, 6) is 1.26. The molecule has 6 nitrogen and oxygen atoms in total. The summed E-state index contributed by atoms with van der Waals surface area (Å²) in [4.78, 5) is 16.2. The number of thiophene rings is 1. The molecule has 0 radical (unpaired) electrons. The van der Waals surface area contributed by atoms with E-state index in [1.165, 1.54) is 21.2 Å². The Balaban J connectivity index is 1.30. The topological polar surface area (TPSA) is 66.9 Å². The monoisotopic (exact) mass is 548 g/mol. The van der Waals surface area contributed by atoms with Gasteiger partial charge in [0.1, 0.15) is 5.75 Å². The highest BCUT2D eigenvalue weighted by Crippen LogP contribution is 2.33. The van der Waals surface area contributed by atoms with Crippen LogP contribution in [0, 0.1) is 5.92 Å². The molecule has 2 heterocycles. The number of carbonyl (C=O) groups excluding carboxylic acids is 1. The number of rotatable bonds is 8. The normalized spacial score (nSPS) is 14.5. The van der Waals surface area contributed by atoms with Gasteiger partial charge < -0.3 is 9.64 Å². The van der Waals surface area contributed by atoms with Gasteiger partial charge in [-0.2, -0.15) is 0 Å². The van der Waals surface area contributed by atoms with Crippen LogP contribution in [0.1, 0.15) is 35.0 Å². The Labute approximate surface area is 228 Å². The molecule has 1 aromatic heterocycles. The summed E-state index contributed by atoms with van der Waals surface area (Å²) >= 11 is 1.47. The fraction of sp³-hybridized carbons (Fsp3) is 0.300. The fourth-order valence-corrected chi connectivity index (χ4v) is 7.58. The number of hydrogen-bond acceptors (Lipinski definition) is 5. The molecule has 198 valence electrons. The van der Waals surface area contributed by atoms with E-state index in [2.05, 4.69) is 24.3 Å². The molecule has 4 aromatic rings. The molecule has 38 heavy (non-hydrogen) atoms. The molecule has 1 amide bonds. The number of methoxy groups -OCH3 is 1. The molecule has 0 bridgehead atoms. The van der Waals surface area contributed by atoms with E-state index in [9.17, 15) is 13.2 Å². The number of benzene rings is 3. The molecule has 1 aliphatic heterocycles. The zero-order chi connectivity index (χ0) is 26.7. The molecule has 0 unspecified atom stereocenters. The van der Waals surface area contributed by atoms with Gasteiger partial charge in [0, 0.05) is 24.3 Å². The second-order valence-corrected chi connectivity index (χ2v) is 12.5. The van der Waals surface area contributed by atoms with Gasteiger partial charge in [-0.3, -0.25) is 9.10 Å². The third-order valence-electron chi connectivity index (χ3n) is 7.20. The highest BCUT2D eigenvalue weighted by molar-refractivity contribution is 7.92. The van der Waals surface area contributed by atoms with Crippen LogP contribution in [0.4, 0.5) is 5.69 Å². The lowest BCUT2D eigenvalue weighted by atomic mass is 9.90. The largest absolute Gasteiger partial charge is 0.497 e. The molecule has 3 aromatic carbocycles. The number of piperidine rings is 1. The van der Waals surface area contributed by atoms with Gasteiger partial charge in [-0.25, -0.2) is 8.42 Å². The maximum Gasteiger partial charge on any atom is 0.264 e. The number of ether oxygens (including phenoxy) is 1. The van der Waals surface area contributed by atoms with Crippen LogP contribution in [0.25, 0.3) is 10.1 Å². The van der Waals surface area contributed by atoms with Crippen molar-refractivity contribution in [2.24, 2.45) is 5.92 Å². The Morgan fingerprint density at radius 1 is 1.00 bits per heavy atom. The van der Waals surface area contributed by atoms with Gasteiger partial charge in [0.15, 0.2) is 0 Å². The van der Waals surface area contributed by atoms with E-state index >= 15 is 0 Å². The number of likely N-dealkylation sites (tertiary alicyclic amines) is 1. The summed E-state index contributed by atoms with van der Waals surface area (Å²) in [5.41, 5.74) is 1.93. The van der Waals surface area contributed by atoms with Crippen molar-refractivity contribution in [3.8, 4) is 5.75 Å². The summed E-state index contributed by atoms with van der Waals surface area (Å²) in [6.45, 7) is 3.63. The molecule has 1 saturated heterocycles. The standard InChI is InChI=1S/C30H32N2O4S2/c1-3-32(38(34,35)27-12-10-26(36-2)11-13-27)25-9-14-28-24(20-25)21-29(37-28)30(33)31-17-15-23(16-18-31)19-22-7-5-4-6-8-22/h4-14,20-21,23H,3,15-19H2,1-2H3. The Bertz CT molecular complexity index is 1510. The average molecular weight is 549 g/mol. The fourth-order valence-electron chi connectivity index (χ4n) is 5.10. The van der Waals surface area contributed by atoms with Crippen LogP contribution in [-0.4, -0.2) is 46.0 Å². The highest BCUT2D eigenvalue weighted by Gasteiger charge is 2.26. The van der Waals surface area contributed by atoms with Crippen LogP contribution in [0.2, 0.25) is 0 Å². The van der Waals surface area contributed by atoms with Crippen LogP contribution in [-0.2, 0) is 16.4 Å². The molecule has 0 aliphatic carbocycles. The SMILES string of the molecule is CCN(c1ccc2sc(C(=O)N3CCC(Cc4ccccc4)CC3)cc2c1)S(=O)(=O)c1ccc(OC)cc1. The Kier molecular flexibility index (Phi) is 7.72. The molecule has 5 rings (SSSR count). The van der Waals surface area contributed by atoms with Crippen molar-refractivity contribution in [1.29, 1.82) is 0 Å². The molecule has 1 aliphatic rings. The van der Waals surface area contributed by atoms with Gasteiger partial charge in [-0.1, -0.05) is 30.3 Å². The zero-order valence-electron chi connectivity index (χ0n) is 21.7. The van der Waals surface area contributed by atoms with Crippen molar-refractivity contribution in [1.82, 2.24) is 4.90 Å². The maximum atomic E-state index is 13.4. The summed E-state index contributed by atoms with van der Waals surface area (Å²) in [5, 5.41) is 0.873. The molecule has 8 heteroatoms. The summed E-state index contributed by atoms with van der Waals surface area (Å²) in [6.07, 6.45) is 3.07.